The number of rotatable bonds is 83. The zero-order valence-electron chi connectivity index (χ0n) is 66.3. The highest BCUT2D eigenvalue weighted by Crippen LogP contribution is 2.45. The van der Waals surface area contributed by atoms with Crippen molar-refractivity contribution in [3.05, 3.63) is 12.2 Å². The van der Waals surface area contributed by atoms with Gasteiger partial charge in [0.1, 0.15) is 19.3 Å². The minimum absolute atomic E-state index is 0.0954. The van der Waals surface area contributed by atoms with Gasteiger partial charge in [0.25, 0.3) is 0 Å². The van der Waals surface area contributed by atoms with Gasteiger partial charge in [-0.1, -0.05) is 374 Å². The summed E-state index contributed by atoms with van der Waals surface area (Å²) in [6.07, 6.45) is 71.7. The van der Waals surface area contributed by atoms with Gasteiger partial charge in [-0.15, -0.1) is 0 Å². The number of carbonyl (C=O) groups excluding carboxylic acids is 4. The van der Waals surface area contributed by atoms with Gasteiger partial charge in [-0.3, -0.25) is 37.3 Å². The van der Waals surface area contributed by atoms with Gasteiger partial charge in [0.15, 0.2) is 12.2 Å². The van der Waals surface area contributed by atoms with Crippen LogP contribution in [0, 0.1) is 0 Å². The number of hydrogen-bond donors (Lipinski definition) is 3. The van der Waals surface area contributed by atoms with Crippen molar-refractivity contribution in [1.29, 1.82) is 0 Å². The van der Waals surface area contributed by atoms with Gasteiger partial charge in [0.2, 0.25) is 0 Å². The average molecular weight is 1490 g/mol. The highest BCUT2D eigenvalue weighted by atomic mass is 31.2. The molecule has 19 heteroatoms. The van der Waals surface area contributed by atoms with Crippen molar-refractivity contribution >= 4 is 39.5 Å². The Balaban J connectivity index is 5.26. The van der Waals surface area contributed by atoms with Gasteiger partial charge in [0, 0.05) is 25.7 Å². The van der Waals surface area contributed by atoms with Crippen molar-refractivity contribution in [3.8, 4) is 0 Å². The summed E-state index contributed by atoms with van der Waals surface area (Å²) in [4.78, 5) is 73.1. The maximum atomic E-state index is 13.1. The topological polar surface area (TPSA) is 237 Å². The molecular formula is C83H160O17P2. The number of hydrogen-bond acceptors (Lipinski definition) is 15. The number of carbonyl (C=O) groups is 4. The maximum absolute atomic E-state index is 13.1. The molecule has 0 aromatic rings. The zero-order chi connectivity index (χ0) is 74.6. The van der Waals surface area contributed by atoms with Crippen LogP contribution in [0.1, 0.15) is 439 Å². The quantitative estimate of drug-likeness (QED) is 0.0169. The SMILES string of the molecule is CCCCCCCC/C=C\CCCCCCCC(=O)O[C@H](COC(=O)CCCCCCCCCCCCCCCCCCC)COP(=O)(O)OC[C@H](O)COP(=O)(O)OC[C@@H](COC(=O)CCCCCCCCCCCCCCCCCCC)OC(=O)CCCCCCCCCCCCCCC. The molecule has 0 aliphatic carbocycles. The molecule has 0 saturated heterocycles. The summed E-state index contributed by atoms with van der Waals surface area (Å²) < 4.78 is 68.8. The number of unbranched alkanes of at least 4 members (excludes halogenated alkanes) is 55. The molecule has 5 atom stereocenters. The van der Waals surface area contributed by atoms with Crippen LogP contribution in [-0.4, -0.2) is 96.7 Å². The van der Waals surface area contributed by atoms with E-state index in [0.29, 0.717) is 25.7 Å². The van der Waals surface area contributed by atoms with Gasteiger partial charge in [-0.25, -0.2) is 9.13 Å². The third-order valence-electron chi connectivity index (χ3n) is 19.3. The molecule has 0 heterocycles. The Morgan fingerprint density at radius 2 is 0.451 bits per heavy atom. The van der Waals surface area contributed by atoms with E-state index in [1.807, 2.05) is 0 Å². The lowest BCUT2D eigenvalue weighted by molar-refractivity contribution is -0.161. The van der Waals surface area contributed by atoms with Crippen LogP contribution in [0.15, 0.2) is 12.2 Å². The Bertz CT molecular complexity index is 1980. The van der Waals surface area contributed by atoms with Crippen LogP contribution in [0.4, 0.5) is 0 Å². The van der Waals surface area contributed by atoms with Gasteiger partial charge in [0.05, 0.1) is 26.4 Å². The van der Waals surface area contributed by atoms with Gasteiger partial charge in [-0.05, 0) is 51.4 Å². The van der Waals surface area contributed by atoms with Crippen molar-refractivity contribution in [3.63, 3.8) is 0 Å². The predicted octanol–water partition coefficient (Wildman–Crippen LogP) is 25.1. The van der Waals surface area contributed by atoms with E-state index in [2.05, 4.69) is 39.8 Å². The lowest BCUT2D eigenvalue weighted by Crippen LogP contribution is -2.30. The van der Waals surface area contributed by atoms with Gasteiger partial charge < -0.3 is 33.8 Å². The summed E-state index contributed by atoms with van der Waals surface area (Å²) in [5.41, 5.74) is 0. The molecule has 3 N–H and O–H groups in total. The van der Waals surface area contributed by atoms with Crippen LogP contribution in [0.5, 0.6) is 0 Å². The third kappa shape index (κ3) is 76.0. The molecule has 0 amide bonds. The molecule has 0 aromatic carbocycles. The van der Waals surface area contributed by atoms with E-state index in [9.17, 15) is 43.2 Å². The molecule has 17 nitrogen and oxygen atoms in total. The van der Waals surface area contributed by atoms with Gasteiger partial charge in [-0.2, -0.15) is 0 Å². The molecule has 0 aliphatic rings. The number of phosphoric acid groups is 2. The van der Waals surface area contributed by atoms with Crippen LogP contribution in [-0.2, 0) is 65.4 Å². The molecule has 0 radical (unpaired) electrons. The Morgan fingerprint density at radius 1 is 0.265 bits per heavy atom. The van der Waals surface area contributed by atoms with Gasteiger partial charge >= 0.3 is 39.5 Å². The number of ether oxygens (including phenoxy) is 4. The van der Waals surface area contributed by atoms with Crippen LogP contribution >= 0.6 is 15.6 Å². The van der Waals surface area contributed by atoms with Crippen LogP contribution in [0.3, 0.4) is 0 Å². The summed E-state index contributed by atoms with van der Waals surface area (Å²) in [5, 5.41) is 10.7. The van der Waals surface area contributed by atoms with E-state index in [1.165, 1.54) is 257 Å². The highest BCUT2D eigenvalue weighted by Gasteiger charge is 2.30. The Hall–Kier alpha value is -2.20. The van der Waals surface area contributed by atoms with Crippen molar-refractivity contribution in [2.24, 2.45) is 0 Å². The second-order valence-corrected chi connectivity index (χ2v) is 32.4. The summed E-state index contributed by atoms with van der Waals surface area (Å²) in [6.45, 7) is 5.02. The first-order valence-corrected chi connectivity index (χ1v) is 45.9. The molecule has 0 spiro atoms. The molecular weight excluding hydrogens is 1330 g/mol. The van der Waals surface area contributed by atoms with Crippen molar-refractivity contribution in [1.82, 2.24) is 0 Å². The van der Waals surface area contributed by atoms with E-state index in [-0.39, 0.29) is 25.7 Å². The smallest absolute Gasteiger partial charge is 0.462 e. The largest absolute Gasteiger partial charge is 0.472 e. The third-order valence-corrected chi connectivity index (χ3v) is 21.2. The fraction of sp³-hybridized carbons (Fsp3) is 0.928. The fourth-order valence-corrected chi connectivity index (χ4v) is 14.3. The predicted molar refractivity (Wildman–Crippen MR) is 418 cm³/mol. The Kier molecular flexibility index (Phi) is 75.3. The van der Waals surface area contributed by atoms with E-state index >= 15 is 0 Å². The molecule has 102 heavy (non-hydrogen) atoms. The summed E-state index contributed by atoms with van der Waals surface area (Å²) in [5.74, 6) is -2.12. The molecule has 0 fully saturated rings. The molecule has 0 rings (SSSR count). The first-order chi connectivity index (χ1) is 49.7. The lowest BCUT2D eigenvalue weighted by atomic mass is 10.0. The number of allylic oxidation sites excluding steroid dienone is 2. The zero-order valence-corrected chi connectivity index (χ0v) is 68.1. The van der Waals surface area contributed by atoms with E-state index in [4.69, 9.17) is 37.0 Å². The summed E-state index contributed by atoms with van der Waals surface area (Å²) in [6, 6.07) is 0. The second-order valence-electron chi connectivity index (χ2n) is 29.5. The summed E-state index contributed by atoms with van der Waals surface area (Å²) >= 11 is 0. The maximum Gasteiger partial charge on any atom is 0.472 e. The number of esters is 4. The number of phosphoric ester groups is 2. The van der Waals surface area contributed by atoms with Crippen LogP contribution in [0.25, 0.3) is 0 Å². The minimum Gasteiger partial charge on any atom is -0.462 e. The average Bonchev–Trinajstić information content (AvgIpc) is 0.907. The molecule has 0 aliphatic heterocycles. The van der Waals surface area contributed by atoms with E-state index < -0.39 is 97.5 Å². The minimum atomic E-state index is -4.97. The first kappa shape index (κ1) is 99.8. The fourth-order valence-electron chi connectivity index (χ4n) is 12.7. The first-order valence-electron chi connectivity index (χ1n) is 42.9. The molecule has 0 bridgehead atoms. The molecule has 2 unspecified atom stereocenters. The van der Waals surface area contributed by atoms with Crippen molar-refractivity contribution < 1.29 is 80.2 Å². The second kappa shape index (κ2) is 77.0. The molecule has 0 aromatic heterocycles. The Labute approximate surface area is 625 Å². The molecule has 0 saturated carbocycles. The van der Waals surface area contributed by atoms with E-state index in [1.54, 1.807) is 0 Å². The Morgan fingerprint density at radius 3 is 0.676 bits per heavy atom. The lowest BCUT2D eigenvalue weighted by Gasteiger charge is -2.21. The monoisotopic (exact) mass is 1490 g/mol. The van der Waals surface area contributed by atoms with Crippen molar-refractivity contribution in [2.45, 2.75) is 457 Å². The highest BCUT2D eigenvalue weighted by molar-refractivity contribution is 7.47. The standard InChI is InChI=1S/C83H160O17P2/c1-5-9-13-17-21-25-29-33-36-38-41-44-47-51-55-59-63-67-80(85)93-73-78(99-82(87)69-65-61-57-53-49-43-32-28-24-20-16-12-8-4)75-97-101(89,90)95-71-77(84)72-96-102(91,92)98-76-79(100-83(88)70-66-62-58-54-50-46-40-35-31-27-23-19-15-11-7-3)74-94-81(86)68-64-60-56-52-48-45-42-39-37-34-30-26-22-18-14-10-6-2/h35,40,77-79,84H,5-34,36-39,41-76H2,1-4H3,(H,89,90)(H,91,92)/b40-35-/t77-,78-,79-/m1/s1. The summed E-state index contributed by atoms with van der Waals surface area (Å²) in [7, 11) is -9.93. The van der Waals surface area contributed by atoms with Crippen LogP contribution in [0.2, 0.25) is 0 Å². The van der Waals surface area contributed by atoms with Crippen molar-refractivity contribution in [2.75, 3.05) is 39.6 Å². The molecule has 604 valence electrons. The number of aliphatic hydroxyl groups excluding tert-OH is 1. The normalized spacial score (nSPS) is 13.8. The number of aliphatic hydroxyl groups is 1. The van der Waals surface area contributed by atoms with E-state index in [0.717, 1.165) is 103 Å². The van der Waals surface area contributed by atoms with Crippen LogP contribution < -0.4 is 0 Å².